The average molecular weight is 607 g/mol. The van der Waals surface area contributed by atoms with Crippen molar-refractivity contribution in [2.45, 2.75) is 72.9 Å². The molecule has 1 aliphatic heterocycles. The lowest BCUT2D eigenvalue weighted by atomic mass is 9.88. The zero-order chi connectivity index (χ0) is 31.9. The summed E-state index contributed by atoms with van der Waals surface area (Å²) in [6.45, 7) is 11.2. The van der Waals surface area contributed by atoms with Crippen molar-refractivity contribution in [2.24, 2.45) is 5.92 Å². The third-order valence-corrected chi connectivity index (χ3v) is 7.19. The molecule has 0 spiro atoms. The summed E-state index contributed by atoms with van der Waals surface area (Å²) in [5.74, 6) is -1.76. The number of amides is 1. The van der Waals surface area contributed by atoms with E-state index in [1.54, 1.807) is 17.1 Å². The number of carbonyl (C=O) groups is 2. The van der Waals surface area contributed by atoms with Crippen molar-refractivity contribution in [1.29, 1.82) is 0 Å². The minimum atomic E-state index is -1.38. The van der Waals surface area contributed by atoms with E-state index in [2.05, 4.69) is 12.2 Å². The van der Waals surface area contributed by atoms with Crippen molar-refractivity contribution in [2.75, 3.05) is 32.8 Å². The Hall–Kier alpha value is -3.53. The number of nitrogens with one attached hydrogen (secondary N) is 1. The van der Waals surface area contributed by atoms with E-state index in [1.807, 2.05) is 26.0 Å². The Balaban J connectivity index is 0.000000303. The molecule has 1 heterocycles. The van der Waals surface area contributed by atoms with Crippen LogP contribution in [0.25, 0.3) is 0 Å². The molecular formula is C33H45F3N2O5. The van der Waals surface area contributed by atoms with Crippen molar-refractivity contribution < 1.29 is 37.3 Å². The van der Waals surface area contributed by atoms with Gasteiger partial charge >= 0.3 is 12.1 Å². The standard InChI is InChI=1S/C18H26F3NO.C15H19NO4/c1-5-22-11-14-9-15(23-6-2)7-8-16(14)17(12(3)19)10-18(21)13(4)20;1-2-11-9-16(15(19)20-10-11)13-6-4-3-5-12(7-8-13)14(17)18/h9-10,12,22H,5-8,11H2,1-4H3;5-8,11H,2-4,9-10H2,1H3,(H,17,18)/b17-10+,18-13-;8-7?,12-5?,13-6+. The van der Waals surface area contributed by atoms with Crippen molar-refractivity contribution in [1.82, 2.24) is 10.2 Å². The van der Waals surface area contributed by atoms with Crippen LogP contribution >= 0.6 is 0 Å². The molecule has 2 atom stereocenters. The number of alkyl halides is 1. The fourth-order valence-electron chi connectivity index (χ4n) is 4.74. The first-order valence-corrected chi connectivity index (χ1v) is 14.9. The second kappa shape index (κ2) is 18.2. The van der Waals surface area contributed by atoms with Gasteiger partial charge in [0.2, 0.25) is 0 Å². The Morgan fingerprint density at radius 3 is 2.53 bits per heavy atom. The van der Waals surface area contributed by atoms with Crippen LogP contribution in [-0.4, -0.2) is 61.1 Å². The Morgan fingerprint density at radius 2 is 1.93 bits per heavy atom. The van der Waals surface area contributed by atoms with Crippen LogP contribution < -0.4 is 5.32 Å². The van der Waals surface area contributed by atoms with Gasteiger partial charge in [0.25, 0.3) is 0 Å². The maximum absolute atomic E-state index is 14.0. The van der Waals surface area contributed by atoms with Crippen molar-refractivity contribution in [3.8, 4) is 0 Å². The van der Waals surface area contributed by atoms with E-state index in [0.29, 0.717) is 57.9 Å². The smallest absolute Gasteiger partial charge is 0.414 e. The Morgan fingerprint density at radius 1 is 1.21 bits per heavy atom. The number of carboxylic acids is 1. The molecule has 0 aromatic rings. The summed E-state index contributed by atoms with van der Waals surface area (Å²) in [6, 6.07) is 0. The first kappa shape index (κ1) is 35.7. The molecule has 2 N–H and O–H groups in total. The van der Waals surface area contributed by atoms with E-state index in [0.717, 1.165) is 48.6 Å². The number of ether oxygens (including phenoxy) is 2. The summed E-state index contributed by atoms with van der Waals surface area (Å²) in [7, 11) is 0. The number of hydrogen-bond acceptors (Lipinski definition) is 5. The van der Waals surface area contributed by atoms with Gasteiger partial charge in [-0.3, -0.25) is 4.90 Å². The number of allylic oxidation sites excluding steroid dienone is 9. The monoisotopic (exact) mass is 606 g/mol. The minimum absolute atomic E-state index is 0.194. The number of hydrogen-bond donors (Lipinski definition) is 2. The molecule has 10 heteroatoms. The van der Waals surface area contributed by atoms with Gasteiger partial charge in [0.05, 0.1) is 24.5 Å². The molecule has 2 unspecified atom stereocenters. The molecule has 1 amide bonds. The van der Waals surface area contributed by atoms with Crippen LogP contribution in [0.1, 0.15) is 66.7 Å². The fraction of sp³-hybridized carbons (Fsp3) is 0.515. The molecule has 0 aromatic heterocycles. The van der Waals surface area contributed by atoms with Gasteiger partial charge in [-0.15, -0.1) is 0 Å². The van der Waals surface area contributed by atoms with Crippen LogP contribution in [0.3, 0.4) is 0 Å². The molecule has 43 heavy (non-hydrogen) atoms. The lowest BCUT2D eigenvalue weighted by molar-refractivity contribution is -0.132. The molecular weight excluding hydrogens is 561 g/mol. The minimum Gasteiger partial charge on any atom is -0.498 e. The SMILES string of the molecule is CCC1COC(=O)N(/C2=C/CCC=C(C(=O)O)C=C2)C1.CCNCC1=C(/C(=C/C(F)=C(\C)F)C(C)F)CCC(OCC)=C1. The Bertz CT molecular complexity index is 1210. The summed E-state index contributed by atoms with van der Waals surface area (Å²) < 4.78 is 51.4. The number of aliphatic carboxylic acids is 1. The van der Waals surface area contributed by atoms with Gasteiger partial charge in [-0.2, -0.15) is 0 Å². The van der Waals surface area contributed by atoms with E-state index in [4.69, 9.17) is 14.6 Å². The molecule has 0 radical (unpaired) electrons. The summed E-state index contributed by atoms with van der Waals surface area (Å²) in [5, 5.41) is 12.2. The van der Waals surface area contributed by atoms with Crippen LogP contribution in [0.2, 0.25) is 0 Å². The normalized spacial score (nSPS) is 22.0. The van der Waals surface area contributed by atoms with Crippen LogP contribution in [0.5, 0.6) is 0 Å². The molecule has 0 aromatic carbocycles. The Kier molecular flexibility index (Phi) is 15.1. The van der Waals surface area contributed by atoms with Gasteiger partial charge in [0.1, 0.15) is 12.0 Å². The highest BCUT2D eigenvalue weighted by Gasteiger charge is 2.28. The lowest BCUT2D eigenvalue weighted by Crippen LogP contribution is -2.41. The van der Waals surface area contributed by atoms with Crippen molar-refractivity contribution >= 4 is 12.1 Å². The average Bonchev–Trinajstić information content (AvgIpc) is 2.95. The molecule has 3 rings (SSSR count). The molecule has 3 aliphatic rings. The van der Waals surface area contributed by atoms with Crippen LogP contribution in [-0.2, 0) is 14.3 Å². The van der Waals surface area contributed by atoms with Gasteiger partial charge in [-0.05, 0) is 94.0 Å². The number of carbonyl (C=O) groups excluding carboxylic acids is 1. The molecule has 0 bridgehead atoms. The summed E-state index contributed by atoms with van der Waals surface area (Å²) in [6.07, 6.45) is 11.4. The second-order valence-corrected chi connectivity index (χ2v) is 10.4. The zero-order valence-electron chi connectivity index (χ0n) is 25.9. The number of cyclic esters (lactones) is 1. The predicted octanol–water partition coefficient (Wildman–Crippen LogP) is 7.77. The van der Waals surface area contributed by atoms with E-state index >= 15 is 0 Å². The molecule has 7 nitrogen and oxygen atoms in total. The largest absolute Gasteiger partial charge is 0.498 e. The van der Waals surface area contributed by atoms with Gasteiger partial charge in [-0.25, -0.2) is 22.8 Å². The first-order chi connectivity index (χ1) is 20.5. The first-order valence-electron chi connectivity index (χ1n) is 14.9. The van der Waals surface area contributed by atoms with Gasteiger partial charge in [0.15, 0.2) is 5.83 Å². The molecule has 1 fully saturated rings. The molecule has 1 saturated heterocycles. The van der Waals surface area contributed by atoms with Gasteiger partial charge in [-0.1, -0.05) is 26.0 Å². The number of halogens is 3. The maximum Gasteiger partial charge on any atom is 0.414 e. The summed E-state index contributed by atoms with van der Waals surface area (Å²) in [5.41, 5.74) is 2.76. The van der Waals surface area contributed by atoms with E-state index in [1.165, 1.54) is 13.0 Å². The molecule has 2 aliphatic carbocycles. The number of carboxylic acid groups (broad SMARTS) is 1. The third-order valence-electron chi connectivity index (χ3n) is 7.19. The topological polar surface area (TPSA) is 88.1 Å². The maximum atomic E-state index is 14.0. The van der Waals surface area contributed by atoms with E-state index in [-0.39, 0.29) is 17.2 Å². The predicted molar refractivity (Wildman–Crippen MR) is 162 cm³/mol. The van der Waals surface area contributed by atoms with Crippen molar-refractivity contribution in [3.63, 3.8) is 0 Å². The van der Waals surface area contributed by atoms with Gasteiger partial charge < -0.3 is 19.9 Å². The quantitative estimate of drug-likeness (QED) is 0.234. The third kappa shape index (κ3) is 11.2. The number of likely N-dealkylation sites (N-methyl/N-ethyl adjacent to an activating group) is 1. The lowest BCUT2D eigenvalue weighted by Gasteiger charge is -2.32. The summed E-state index contributed by atoms with van der Waals surface area (Å²) >= 11 is 0. The highest BCUT2D eigenvalue weighted by atomic mass is 19.2. The van der Waals surface area contributed by atoms with Crippen LogP contribution in [0.4, 0.5) is 18.0 Å². The van der Waals surface area contributed by atoms with Crippen molar-refractivity contribution in [3.05, 3.63) is 81.9 Å². The number of nitrogens with zero attached hydrogens (tertiary/aromatic N) is 1. The van der Waals surface area contributed by atoms with E-state index in [9.17, 15) is 22.8 Å². The second-order valence-electron chi connectivity index (χ2n) is 10.4. The fourth-order valence-corrected chi connectivity index (χ4v) is 4.74. The number of rotatable bonds is 11. The highest BCUT2D eigenvalue weighted by molar-refractivity contribution is 5.90. The Labute approximate surface area is 253 Å². The van der Waals surface area contributed by atoms with Crippen LogP contribution in [0, 0.1) is 5.92 Å². The van der Waals surface area contributed by atoms with Crippen LogP contribution in [0.15, 0.2) is 81.9 Å². The van der Waals surface area contributed by atoms with E-state index < -0.39 is 23.8 Å². The molecule has 0 saturated carbocycles. The molecule has 238 valence electrons. The summed E-state index contributed by atoms with van der Waals surface area (Å²) in [4.78, 5) is 24.5. The zero-order valence-corrected chi connectivity index (χ0v) is 25.9. The highest BCUT2D eigenvalue weighted by Crippen LogP contribution is 2.33. The van der Waals surface area contributed by atoms with Gasteiger partial charge in [0, 0.05) is 31.1 Å².